The fourth-order valence-corrected chi connectivity index (χ4v) is 4.35. The first kappa shape index (κ1) is 18.1. The van der Waals surface area contributed by atoms with E-state index in [1.165, 1.54) is 18.2 Å². The van der Waals surface area contributed by atoms with Crippen molar-refractivity contribution in [2.24, 2.45) is 0 Å². The Hall–Kier alpha value is -1.75. The van der Waals surface area contributed by atoms with E-state index in [1.807, 2.05) is 17.0 Å². The van der Waals surface area contributed by atoms with Gasteiger partial charge >= 0.3 is 0 Å². The zero-order chi connectivity index (χ0) is 18.0. The molecule has 0 bridgehead atoms. The van der Waals surface area contributed by atoms with Crippen LogP contribution in [0.3, 0.4) is 0 Å². The van der Waals surface area contributed by atoms with Crippen LogP contribution in [0.5, 0.6) is 0 Å². The fraction of sp³-hybridized carbons (Fsp3) is 0.579. The highest BCUT2D eigenvalue weighted by atomic mass is 35.5. The van der Waals surface area contributed by atoms with Crippen molar-refractivity contribution in [3.05, 3.63) is 28.3 Å². The minimum atomic E-state index is -0.0308. The number of aryl methyl sites for hydroxylation is 2. The highest BCUT2D eigenvalue weighted by Crippen LogP contribution is 2.33. The molecule has 0 saturated carbocycles. The summed E-state index contributed by atoms with van der Waals surface area (Å²) in [6.45, 7) is 6.25. The zero-order valence-electron chi connectivity index (χ0n) is 15.0. The van der Waals surface area contributed by atoms with E-state index in [0.29, 0.717) is 13.1 Å². The van der Waals surface area contributed by atoms with Gasteiger partial charge in [-0.1, -0.05) is 11.6 Å². The summed E-state index contributed by atoms with van der Waals surface area (Å²) in [6, 6.07) is 4.06. The summed E-state index contributed by atoms with van der Waals surface area (Å²) in [5.74, 6) is 0.106. The average molecular weight is 364 g/mol. The average Bonchev–Trinajstić information content (AvgIpc) is 2.54. The molecule has 2 aliphatic heterocycles. The van der Waals surface area contributed by atoms with Gasteiger partial charge in [0.1, 0.15) is 0 Å². The van der Waals surface area contributed by atoms with Crippen molar-refractivity contribution in [2.75, 3.05) is 31.1 Å². The van der Waals surface area contributed by atoms with Crippen LogP contribution in [0, 0.1) is 6.92 Å². The van der Waals surface area contributed by atoms with Crippen molar-refractivity contribution in [3.8, 4) is 0 Å². The SMILES string of the molecule is CC(=O)NC1CCCN(C(=O)CN2CCCc3cc(Cl)cc(C)c32)C1. The van der Waals surface area contributed by atoms with Crippen LogP contribution in [0.2, 0.25) is 5.02 Å². The molecule has 0 aliphatic carbocycles. The first-order chi connectivity index (χ1) is 11.9. The van der Waals surface area contributed by atoms with Gasteiger partial charge in [0.2, 0.25) is 11.8 Å². The Kier molecular flexibility index (Phi) is 5.52. The van der Waals surface area contributed by atoms with Gasteiger partial charge < -0.3 is 15.1 Å². The standard InChI is InChI=1S/C19H26ClN3O2/c1-13-9-16(20)10-15-5-3-8-23(19(13)15)12-18(25)22-7-4-6-17(11-22)21-14(2)24/h9-10,17H,3-8,11-12H2,1-2H3,(H,21,24). The van der Waals surface area contributed by atoms with E-state index >= 15 is 0 Å². The van der Waals surface area contributed by atoms with Gasteiger partial charge in [0.25, 0.3) is 0 Å². The van der Waals surface area contributed by atoms with Crippen molar-refractivity contribution >= 4 is 29.1 Å². The van der Waals surface area contributed by atoms with Crippen molar-refractivity contribution in [1.29, 1.82) is 0 Å². The molecular formula is C19H26ClN3O2. The second kappa shape index (κ2) is 7.65. The Balaban J connectivity index is 1.69. The molecule has 0 aromatic heterocycles. The highest BCUT2D eigenvalue weighted by molar-refractivity contribution is 6.30. The monoisotopic (exact) mass is 363 g/mol. The number of likely N-dealkylation sites (tertiary alicyclic amines) is 1. The normalized spacial score (nSPS) is 20.2. The minimum Gasteiger partial charge on any atom is -0.362 e. The predicted molar refractivity (Wildman–Crippen MR) is 100 cm³/mol. The van der Waals surface area contributed by atoms with Crippen LogP contribution in [0.1, 0.15) is 37.3 Å². The summed E-state index contributed by atoms with van der Waals surface area (Å²) in [6.07, 6.45) is 3.92. The maximum absolute atomic E-state index is 12.8. The molecule has 136 valence electrons. The van der Waals surface area contributed by atoms with Gasteiger partial charge in [-0.2, -0.15) is 0 Å². The number of halogens is 1. The Morgan fingerprint density at radius 2 is 2.08 bits per heavy atom. The first-order valence-electron chi connectivity index (χ1n) is 9.03. The maximum atomic E-state index is 12.8. The van der Waals surface area contributed by atoms with E-state index in [4.69, 9.17) is 11.6 Å². The molecule has 1 unspecified atom stereocenters. The molecule has 1 N–H and O–H groups in total. The number of amides is 2. The third-order valence-electron chi connectivity index (χ3n) is 5.04. The van der Waals surface area contributed by atoms with Crippen LogP contribution in [0.4, 0.5) is 5.69 Å². The van der Waals surface area contributed by atoms with Gasteiger partial charge in [-0.15, -0.1) is 0 Å². The molecule has 0 spiro atoms. The van der Waals surface area contributed by atoms with Crippen LogP contribution in [-0.4, -0.2) is 48.9 Å². The van der Waals surface area contributed by atoms with Gasteiger partial charge in [0.15, 0.2) is 0 Å². The summed E-state index contributed by atoms with van der Waals surface area (Å²) < 4.78 is 0. The quantitative estimate of drug-likeness (QED) is 0.897. The number of hydrogen-bond donors (Lipinski definition) is 1. The molecule has 1 atom stereocenters. The predicted octanol–water partition coefficient (Wildman–Crippen LogP) is 2.53. The Bertz CT molecular complexity index is 677. The molecule has 5 nitrogen and oxygen atoms in total. The summed E-state index contributed by atoms with van der Waals surface area (Å²) in [5, 5.41) is 3.70. The summed E-state index contributed by atoms with van der Waals surface area (Å²) in [5.41, 5.74) is 3.53. The zero-order valence-corrected chi connectivity index (χ0v) is 15.7. The highest BCUT2D eigenvalue weighted by Gasteiger charge is 2.27. The van der Waals surface area contributed by atoms with Gasteiger partial charge in [-0.25, -0.2) is 0 Å². The Labute approximate surface area is 154 Å². The van der Waals surface area contributed by atoms with E-state index in [2.05, 4.69) is 17.1 Å². The van der Waals surface area contributed by atoms with Gasteiger partial charge in [-0.3, -0.25) is 9.59 Å². The molecule has 1 aromatic carbocycles. The first-order valence-corrected chi connectivity index (χ1v) is 9.40. The van der Waals surface area contributed by atoms with Crippen molar-refractivity contribution in [3.63, 3.8) is 0 Å². The third-order valence-corrected chi connectivity index (χ3v) is 5.26. The van der Waals surface area contributed by atoms with E-state index in [-0.39, 0.29) is 17.9 Å². The lowest BCUT2D eigenvalue weighted by Gasteiger charge is -2.37. The Morgan fingerprint density at radius 1 is 1.28 bits per heavy atom. The third kappa shape index (κ3) is 4.27. The number of fused-ring (bicyclic) bond motifs is 1. The molecule has 6 heteroatoms. The number of carbonyl (C=O) groups is 2. The van der Waals surface area contributed by atoms with Crippen LogP contribution in [-0.2, 0) is 16.0 Å². The van der Waals surface area contributed by atoms with Crippen LogP contribution < -0.4 is 10.2 Å². The van der Waals surface area contributed by atoms with Crippen molar-refractivity contribution in [1.82, 2.24) is 10.2 Å². The van der Waals surface area contributed by atoms with Crippen molar-refractivity contribution in [2.45, 2.75) is 45.6 Å². The van der Waals surface area contributed by atoms with E-state index in [9.17, 15) is 9.59 Å². The molecule has 2 heterocycles. The van der Waals surface area contributed by atoms with Crippen LogP contribution >= 0.6 is 11.6 Å². The number of nitrogens with zero attached hydrogens (tertiary/aromatic N) is 2. The largest absolute Gasteiger partial charge is 0.362 e. The second-order valence-electron chi connectivity index (χ2n) is 7.13. The number of hydrogen-bond acceptors (Lipinski definition) is 3. The molecule has 2 amide bonds. The number of benzene rings is 1. The van der Waals surface area contributed by atoms with Crippen LogP contribution in [0.25, 0.3) is 0 Å². The molecule has 1 aromatic rings. The van der Waals surface area contributed by atoms with E-state index < -0.39 is 0 Å². The summed E-state index contributed by atoms with van der Waals surface area (Å²) >= 11 is 6.19. The molecule has 25 heavy (non-hydrogen) atoms. The smallest absolute Gasteiger partial charge is 0.242 e. The second-order valence-corrected chi connectivity index (χ2v) is 7.57. The number of carbonyl (C=O) groups excluding carboxylic acids is 2. The lowest BCUT2D eigenvalue weighted by Crippen LogP contribution is -2.51. The lowest BCUT2D eigenvalue weighted by atomic mass is 9.98. The van der Waals surface area contributed by atoms with Crippen molar-refractivity contribution < 1.29 is 9.59 Å². The summed E-state index contributed by atoms with van der Waals surface area (Å²) in [7, 11) is 0. The summed E-state index contributed by atoms with van der Waals surface area (Å²) in [4.78, 5) is 28.2. The number of anilines is 1. The molecule has 1 saturated heterocycles. The minimum absolute atomic E-state index is 0.0308. The molecule has 2 aliphatic rings. The molecule has 1 fully saturated rings. The molecular weight excluding hydrogens is 338 g/mol. The van der Waals surface area contributed by atoms with Gasteiger partial charge in [0, 0.05) is 43.3 Å². The topological polar surface area (TPSA) is 52.7 Å². The number of rotatable bonds is 3. The van der Waals surface area contributed by atoms with E-state index in [1.54, 1.807) is 0 Å². The maximum Gasteiger partial charge on any atom is 0.242 e. The number of nitrogens with one attached hydrogen (secondary N) is 1. The number of piperidine rings is 1. The molecule has 0 radical (unpaired) electrons. The van der Waals surface area contributed by atoms with E-state index in [0.717, 1.165) is 49.4 Å². The van der Waals surface area contributed by atoms with Crippen LogP contribution in [0.15, 0.2) is 12.1 Å². The lowest BCUT2D eigenvalue weighted by molar-refractivity contribution is -0.132. The van der Waals surface area contributed by atoms with Gasteiger partial charge in [0.05, 0.1) is 6.54 Å². The Morgan fingerprint density at radius 3 is 2.84 bits per heavy atom. The fourth-order valence-electron chi connectivity index (χ4n) is 4.05. The molecule has 3 rings (SSSR count). The van der Waals surface area contributed by atoms with Gasteiger partial charge in [-0.05, 0) is 55.9 Å².